The molecular formula is C16H28N4. The van der Waals surface area contributed by atoms with Gasteiger partial charge >= 0.3 is 0 Å². The van der Waals surface area contributed by atoms with Crippen molar-refractivity contribution in [3.8, 4) is 0 Å². The Bertz CT molecular complexity index is 481. The molecule has 3 rings (SSSR count). The van der Waals surface area contributed by atoms with Crippen LogP contribution >= 0.6 is 0 Å². The molecule has 112 valence electrons. The largest absolute Gasteiger partial charge is 0.330 e. The van der Waals surface area contributed by atoms with Gasteiger partial charge < -0.3 is 5.73 Å². The first-order chi connectivity index (χ1) is 9.41. The molecule has 1 aromatic heterocycles. The molecule has 2 atom stereocenters. The number of hydrogen-bond acceptors (Lipinski definition) is 3. The highest BCUT2D eigenvalue weighted by Crippen LogP contribution is 2.45. The Morgan fingerprint density at radius 3 is 2.55 bits per heavy atom. The number of aryl methyl sites for hydroxylation is 1. The monoisotopic (exact) mass is 276 g/mol. The molecule has 2 aliphatic rings. The van der Waals surface area contributed by atoms with Gasteiger partial charge in [-0.2, -0.15) is 5.10 Å². The summed E-state index contributed by atoms with van der Waals surface area (Å²) in [7, 11) is 2.03. The quantitative estimate of drug-likeness (QED) is 0.920. The molecule has 4 nitrogen and oxygen atoms in total. The first kappa shape index (κ1) is 14.1. The summed E-state index contributed by atoms with van der Waals surface area (Å²) in [5, 5.41) is 4.76. The molecule has 2 unspecified atom stereocenters. The van der Waals surface area contributed by atoms with Gasteiger partial charge in [-0.25, -0.2) is 0 Å². The molecule has 4 heteroatoms. The Balaban J connectivity index is 2.00. The number of nitrogens with two attached hydrogens (primary N) is 1. The number of hydrogen-bond donors (Lipinski definition) is 1. The highest BCUT2D eigenvalue weighted by molar-refractivity contribution is 5.29. The van der Waals surface area contributed by atoms with E-state index in [4.69, 9.17) is 10.8 Å². The van der Waals surface area contributed by atoms with Gasteiger partial charge in [0.1, 0.15) is 0 Å². The van der Waals surface area contributed by atoms with Gasteiger partial charge in [-0.05, 0) is 38.3 Å². The van der Waals surface area contributed by atoms with E-state index in [9.17, 15) is 0 Å². The number of likely N-dealkylation sites (tertiary alicyclic amines) is 1. The Kier molecular flexibility index (Phi) is 3.41. The summed E-state index contributed by atoms with van der Waals surface area (Å²) in [5.74, 6) is 0.584. The molecule has 1 saturated heterocycles. The zero-order chi connectivity index (χ0) is 14.5. The molecule has 2 heterocycles. The van der Waals surface area contributed by atoms with E-state index >= 15 is 0 Å². The van der Waals surface area contributed by atoms with E-state index < -0.39 is 0 Å². The lowest BCUT2D eigenvalue weighted by atomic mass is 9.84. The number of nitrogens with zero attached hydrogens (tertiary/aromatic N) is 3. The summed E-state index contributed by atoms with van der Waals surface area (Å²) >= 11 is 0. The van der Waals surface area contributed by atoms with Gasteiger partial charge in [-0.15, -0.1) is 0 Å². The van der Waals surface area contributed by atoms with Crippen LogP contribution in [0.5, 0.6) is 0 Å². The molecular weight excluding hydrogens is 248 g/mol. The normalized spacial score (nSPS) is 28.2. The summed E-state index contributed by atoms with van der Waals surface area (Å²) in [6.07, 6.45) is 6.18. The molecule has 1 saturated carbocycles. The van der Waals surface area contributed by atoms with Crippen molar-refractivity contribution in [1.82, 2.24) is 14.7 Å². The molecule has 1 aliphatic heterocycles. The number of aromatic nitrogens is 2. The number of rotatable bonds is 3. The summed E-state index contributed by atoms with van der Waals surface area (Å²) < 4.78 is 1.98. The molecule has 0 amide bonds. The Morgan fingerprint density at radius 1 is 1.30 bits per heavy atom. The fourth-order valence-electron chi connectivity index (χ4n) is 3.68. The van der Waals surface area contributed by atoms with Gasteiger partial charge in [0.2, 0.25) is 0 Å². The minimum Gasteiger partial charge on any atom is -0.330 e. The van der Waals surface area contributed by atoms with Crippen LogP contribution in [0.3, 0.4) is 0 Å². The Hall–Kier alpha value is -0.870. The molecule has 1 aromatic rings. The van der Waals surface area contributed by atoms with Gasteiger partial charge in [0.25, 0.3) is 0 Å². The summed E-state index contributed by atoms with van der Waals surface area (Å²) in [5.41, 5.74) is 8.81. The summed E-state index contributed by atoms with van der Waals surface area (Å²) in [6, 6.07) is 1.28. The third-order valence-corrected chi connectivity index (χ3v) is 4.77. The second kappa shape index (κ2) is 4.85. The van der Waals surface area contributed by atoms with Crippen LogP contribution in [-0.2, 0) is 12.5 Å². The van der Waals surface area contributed by atoms with Crippen LogP contribution < -0.4 is 5.73 Å². The zero-order valence-electron chi connectivity index (χ0n) is 13.3. The third kappa shape index (κ3) is 2.40. The SMILES string of the molecule is Cn1cc(C2C(CN)CCN2C2CC2)c(C(C)(C)C)n1. The van der Waals surface area contributed by atoms with Gasteiger partial charge in [-0.1, -0.05) is 20.8 Å². The van der Waals surface area contributed by atoms with Crippen LogP contribution in [0.1, 0.15) is 57.3 Å². The van der Waals surface area contributed by atoms with Crippen LogP contribution in [0.2, 0.25) is 0 Å². The molecule has 0 bridgehead atoms. The average Bonchev–Trinajstić information content (AvgIpc) is 2.99. The molecule has 2 fully saturated rings. The lowest BCUT2D eigenvalue weighted by molar-refractivity contribution is 0.218. The smallest absolute Gasteiger partial charge is 0.0725 e. The van der Waals surface area contributed by atoms with Crippen molar-refractivity contribution in [3.05, 3.63) is 17.5 Å². The van der Waals surface area contributed by atoms with E-state index in [0.29, 0.717) is 12.0 Å². The van der Waals surface area contributed by atoms with Crippen molar-refractivity contribution in [3.63, 3.8) is 0 Å². The van der Waals surface area contributed by atoms with Crippen molar-refractivity contribution < 1.29 is 0 Å². The van der Waals surface area contributed by atoms with Crippen molar-refractivity contribution in [1.29, 1.82) is 0 Å². The molecule has 2 N–H and O–H groups in total. The van der Waals surface area contributed by atoms with Crippen LogP contribution in [0.4, 0.5) is 0 Å². The van der Waals surface area contributed by atoms with Crippen molar-refractivity contribution in [2.45, 2.75) is 57.5 Å². The topological polar surface area (TPSA) is 47.1 Å². The Morgan fingerprint density at radius 2 is 2.00 bits per heavy atom. The average molecular weight is 276 g/mol. The lowest BCUT2D eigenvalue weighted by Crippen LogP contribution is -2.31. The Labute approximate surface area is 122 Å². The molecule has 0 spiro atoms. The van der Waals surface area contributed by atoms with Crippen molar-refractivity contribution in [2.75, 3.05) is 13.1 Å². The minimum absolute atomic E-state index is 0.0908. The predicted molar refractivity (Wildman–Crippen MR) is 81.5 cm³/mol. The maximum Gasteiger partial charge on any atom is 0.0725 e. The highest BCUT2D eigenvalue weighted by Gasteiger charge is 2.44. The summed E-state index contributed by atoms with van der Waals surface area (Å²) in [4.78, 5) is 2.70. The van der Waals surface area contributed by atoms with E-state index in [1.165, 1.54) is 37.1 Å². The molecule has 1 aliphatic carbocycles. The fourth-order valence-corrected chi connectivity index (χ4v) is 3.68. The lowest BCUT2D eigenvalue weighted by Gasteiger charge is -2.30. The van der Waals surface area contributed by atoms with Crippen LogP contribution in [0, 0.1) is 5.92 Å². The maximum absolute atomic E-state index is 6.06. The van der Waals surface area contributed by atoms with Gasteiger partial charge in [0.15, 0.2) is 0 Å². The van der Waals surface area contributed by atoms with E-state index in [0.717, 1.165) is 12.6 Å². The van der Waals surface area contributed by atoms with E-state index in [-0.39, 0.29) is 5.41 Å². The third-order valence-electron chi connectivity index (χ3n) is 4.77. The maximum atomic E-state index is 6.06. The van der Waals surface area contributed by atoms with E-state index in [1.807, 2.05) is 11.7 Å². The highest BCUT2D eigenvalue weighted by atomic mass is 15.3. The summed E-state index contributed by atoms with van der Waals surface area (Å²) in [6.45, 7) is 8.76. The minimum atomic E-state index is 0.0908. The molecule has 0 aromatic carbocycles. The van der Waals surface area contributed by atoms with Crippen LogP contribution in [-0.4, -0.2) is 33.8 Å². The van der Waals surface area contributed by atoms with Crippen LogP contribution in [0.25, 0.3) is 0 Å². The van der Waals surface area contributed by atoms with E-state index in [1.54, 1.807) is 0 Å². The first-order valence-corrected chi connectivity index (χ1v) is 7.91. The predicted octanol–water partition coefficient (Wildman–Crippen LogP) is 2.20. The van der Waals surface area contributed by atoms with E-state index in [2.05, 4.69) is 31.9 Å². The van der Waals surface area contributed by atoms with Gasteiger partial charge in [0, 0.05) is 36.3 Å². The standard InChI is InChI=1S/C16H28N4/c1-16(2,3)15-13(10-19(4)18-15)14-11(9-17)7-8-20(14)12-5-6-12/h10-12,14H,5-9,17H2,1-4H3. The zero-order valence-corrected chi connectivity index (χ0v) is 13.3. The molecule has 0 radical (unpaired) electrons. The van der Waals surface area contributed by atoms with Gasteiger partial charge in [0.05, 0.1) is 5.69 Å². The van der Waals surface area contributed by atoms with Crippen molar-refractivity contribution >= 4 is 0 Å². The first-order valence-electron chi connectivity index (χ1n) is 7.91. The van der Waals surface area contributed by atoms with Crippen molar-refractivity contribution in [2.24, 2.45) is 18.7 Å². The fraction of sp³-hybridized carbons (Fsp3) is 0.812. The molecule has 20 heavy (non-hydrogen) atoms. The van der Waals surface area contributed by atoms with Crippen LogP contribution in [0.15, 0.2) is 6.20 Å². The van der Waals surface area contributed by atoms with Gasteiger partial charge in [-0.3, -0.25) is 9.58 Å². The second-order valence-corrected chi connectivity index (χ2v) is 7.56. The second-order valence-electron chi connectivity index (χ2n) is 7.56.